The zero-order valence-corrected chi connectivity index (χ0v) is 15.7. The third-order valence-electron chi connectivity index (χ3n) is 5.23. The lowest BCUT2D eigenvalue weighted by Gasteiger charge is -2.37. The van der Waals surface area contributed by atoms with E-state index in [4.69, 9.17) is 4.74 Å². The van der Waals surface area contributed by atoms with Crippen LogP contribution in [0, 0.1) is 0 Å². The number of allylic oxidation sites excluding steroid dienone is 2. The van der Waals surface area contributed by atoms with Gasteiger partial charge in [0.2, 0.25) is 0 Å². The Hall–Kier alpha value is -2.27. The summed E-state index contributed by atoms with van der Waals surface area (Å²) in [5.74, 6) is 1.18. The molecule has 1 fully saturated rings. The van der Waals surface area contributed by atoms with Crippen molar-refractivity contribution in [2.45, 2.75) is 19.3 Å². The van der Waals surface area contributed by atoms with Gasteiger partial charge in [0.25, 0.3) is 0 Å². The number of anilines is 1. The lowest BCUT2D eigenvalue weighted by molar-refractivity contribution is -0.115. The van der Waals surface area contributed by atoms with Crippen LogP contribution in [0.15, 0.2) is 48.8 Å². The van der Waals surface area contributed by atoms with Gasteiger partial charge in [0.15, 0.2) is 5.78 Å². The number of benzene rings is 1. The number of ether oxygens (including phenoxy) is 1. The van der Waals surface area contributed by atoms with Gasteiger partial charge in [-0.05, 0) is 31.2 Å². The van der Waals surface area contributed by atoms with Gasteiger partial charge in [-0.25, -0.2) is 0 Å². The molecule has 1 heterocycles. The molecule has 0 saturated carbocycles. The average Bonchev–Trinajstić information content (AvgIpc) is 2.69. The van der Waals surface area contributed by atoms with Crippen LogP contribution in [0.25, 0.3) is 0 Å². The van der Waals surface area contributed by atoms with Crippen LogP contribution in [0.1, 0.15) is 19.3 Å². The Bertz CT molecular complexity index is 663. The molecule has 1 aliphatic carbocycles. The smallest absolute Gasteiger partial charge is 0.157 e. The zero-order valence-electron chi connectivity index (χ0n) is 15.7. The van der Waals surface area contributed by atoms with Crippen LogP contribution in [-0.2, 0) is 4.79 Å². The Morgan fingerprint density at radius 2 is 1.96 bits per heavy atom. The van der Waals surface area contributed by atoms with Gasteiger partial charge in [0.1, 0.15) is 5.75 Å². The van der Waals surface area contributed by atoms with Crippen LogP contribution in [0.2, 0.25) is 0 Å². The summed E-state index contributed by atoms with van der Waals surface area (Å²) >= 11 is 0. The summed E-state index contributed by atoms with van der Waals surface area (Å²) in [6, 6.07) is 8.21. The minimum Gasteiger partial charge on any atom is -0.495 e. The number of carbonyl (C=O) groups is 1. The van der Waals surface area contributed by atoms with E-state index in [1.165, 1.54) is 5.69 Å². The standard InChI is InChI=1S/C21H29N3O2/c1-3-23(18-7-6-8-19(25)17-18)14-11-22-12-15-24(16-13-22)20-9-4-5-10-21(20)26-2/h3-5,9-10,17H,1,6-8,11-16H2,2H3. The summed E-state index contributed by atoms with van der Waals surface area (Å²) in [6.45, 7) is 9.85. The van der Waals surface area contributed by atoms with Crippen molar-refractivity contribution >= 4 is 11.5 Å². The topological polar surface area (TPSA) is 36.0 Å². The molecular formula is C21H29N3O2. The second-order valence-electron chi connectivity index (χ2n) is 6.83. The maximum atomic E-state index is 11.7. The van der Waals surface area contributed by atoms with E-state index in [1.807, 2.05) is 18.3 Å². The first-order valence-corrected chi connectivity index (χ1v) is 9.44. The molecule has 0 bridgehead atoms. The first kappa shape index (κ1) is 18.5. The quantitative estimate of drug-likeness (QED) is 0.752. The minimum absolute atomic E-state index is 0.239. The van der Waals surface area contributed by atoms with E-state index in [1.54, 1.807) is 13.2 Å². The van der Waals surface area contributed by atoms with Gasteiger partial charge in [-0.15, -0.1) is 0 Å². The van der Waals surface area contributed by atoms with Crippen molar-refractivity contribution in [3.8, 4) is 5.75 Å². The van der Waals surface area contributed by atoms with Gasteiger partial charge in [-0.1, -0.05) is 18.7 Å². The van der Waals surface area contributed by atoms with E-state index in [0.29, 0.717) is 6.42 Å². The summed E-state index contributed by atoms with van der Waals surface area (Å²) in [7, 11) is 1.73. The molecule has 26 heavy (non-hydrogen) atoms. The summed E-state index contributed by atoms with van der Waals surface area (Å²) in [5, 5.41) is 0. The monoisotopic (exact) mass is 355 g/mol. The van der Waals surface area contributed by atoms with Crippen molar-refractivity contribution in [3.63, 3.8) is 0 Å². The predicted molar refractivity (Wildman–Crippen MR) is 105 cm³/mol. The fourth-order valence-electron chi connectivity index (χ4n) is 3.71. The Morgan fingerprint density at radius 1 is 1.19 bits per heavy atom. The fourth-order valence-corrected chi connectivity index (χ4v) is 3.71. The first-order chi connectivity index (χ1) is 12.7. The van der Waals surface area contributed by atoms with E-state index in [0.717, 1.165) is 63.6 Å². The Morgan fingerprint density at radius 3 is 2.65 bits per heavy atom. The van der Waals surface area contributed by atoms with Crippen LogP contribution < -0.4 is 9.64 Å². The number of methoxy groups -OCH3 is 1. The Kier molecular flexibility index (Phi) is 6.34. The number of piperazine rings is 1. The molecule has 0 atom stereocenters. The number of carbonyl (C=O) groups excluding carboxylic acids is 1. The molecule has 0 amide bonds. The molecule has 0 radical (unpaired) electrons. The first-order valence-electron chi connectivity index (χ1n) is 9.44. The third-order valence-corrected chi connectivity index (χ3v) is 5.23. The highest BCUT2D eigenvalue weighted by molar-refractivity contribution is 5.91. The molecule has 5 nitrogen and oxygen atoms in total. The van der Waals surface area contributed by atoms with Crippen LogP contribution in [0.5, 0.6) is 5.75 Å². The van der Waals surface area contributed by atoms with Crippen molar-refractivity contribution in [3.05, 3.63) is 48.8 Å². The third kappa shape index (κ3) is 4.47. The SMILES string of the molecule is C=CN(CCN1CCN(c2ccccc2OC)CC1)C1=CC(=O)CCC1. The molecule has 1 aromatic carbocycles. The number of ketones is 1. The second kappa shape index (κ2) is 8.90. The van der Waals surface area contributed by atoms with Crippen molar-refractivity contribution in [2.24, 2.45) is 0 Å². The minimum atomic E-state index is 0.239. The van der Waals surface area contributed by atoms with Gasteiger partial charge >= 0.3 is 0 Å². The van der Waals surface area contributed by atoms with E-state index in [-0.39, 0.29) is 5.78 Å². The summed E-state index contributed by atoms with van der Waals surface area (Å²) in [4.78, 5) is 18.7. The number of para-hydroxylation sites is 2. The van der Waals surface area contributed by atoms with E-state index >= 15 is 0 Å². The largest absolute Gasteiger partial charge is 0.495 e. The van der Waals surface area contributed by atoms with Crippen molar-refractivity contribution in [1.29, 1.82) is 0 Å². The zero-order chi connectivity index (χ0) is 18.4. The predicted octanol–water partition coefficient (Wildman–Crippen LogP) is 2.90. The van der Waals surface area contributed by atoms with Gasteiger partial charge in [0, 0.05) is 57.5 Å². The van der Waals surface area contributed by atoms with E-state index in [9.17, 15) is 4.79 Å². The molecule has 0 unspecified atom stereocenters. The van der Waals surface area contributed by atoms with E-state index in [2.05, 4.69) is 33.4 Å². The number of nitrogens with zero attached hydrogens (tertiary/aromatic N) is 3. The molecule has 3 rings (SSSR count). The molecule has 5 heteroatoms. The van der Waals surface area contributed by atoms with Gasteiger partial charge < -0.3 is 14.5 Å². The highest BCUT2D eigenvalue weighted by Gasteiger charge is 2.20. The van der Waals surface area contributed by atoms with Crippen molar-refractivity contribution in [2.75, 3.05) is 51.3 Å². The van der Waals surface area contributed by atoms with Gasteiger partial charge in [0.05, 0.1) is 12.8 Å². The average molecular weight is 355 g/mol. The van der Waals surface area contributed by atoms with E-state index < -0.39 is 0 Å². The summed E-state index contributed by atoms with van der Waals surface area (Å²) < 4.78 is 5.49. The maximum Gasteiger partial charge on any atom is 0.157 e. The summed E-state index contributed by atoms with van der Waals surface area (Å²) in [5.41, 5.74) is 2.29. The summed E-state index contributed by atoms with van der Waals surface area (Å²) in [6.07, 6.45) is 6.26. The molecule has 0 aromatic heterocycles. The Labute approximate surface area is 156 Å². The molecule has 140 valence electrons. The molecule has 0 N–H and O–H groups in total. The molecule has 1 aromatic rings. The Balaban J connectivity index is 1.51. The number of hydrogen-bond acceptors (Lipinski definition) is 5. The van der Waals surface area contributed by atoms with Crippen LogP contribution in [0.4, 0.5) is 5.69 Å². The number of hydrogen-bond donors (Lipinski definition) is 0. The van der Waals surface area contributed by atoms with Crippen molar-refractivity contribution in [1.82, 2.24) is 9.80 Å². The second-order valence-corrected chi connectivity index (χ2v) is 6.83. The van der Waals surface area contributed by atoms with Crippen LogP contribution >= 0.6 is 0 Å². The molecule has 1 aliphatic heterocycles. The molecule has 0 spiro atoms. The van der Waals surface area contributed by atoms with Gasteiger partial charge in [-0.2, -0.15) is 0 Å². The maximum absolute atomic E-state index is 11.7. The number of rotatable bonds is 7. The molecule has 2 aliphatic rings. The van der Waals surface area contributed by atoms with Crippen LogP contribution in [-0.4, -0.2) is 62.0 Å². The highest BCUT2D eigenvalue weighted by atomic mass is 16.5. The molecule has 1 saturated heterocycles. The normalized spacial score (nSPS) is 18.4. The molecular weight excluding hydrogens is 326 g/mol. The van der Waals surface area contributed by atoms with Crippen LogP contribution in [0.3, 0.4) is 0 Å². The van der Waals surface area contributed by atoms with Crippen molar-refractivity contribution < 1.29 is 9.53 Å². The highest BCUT2D eigenvalue weighted by Crippen LogP contribution is 2.28. The fraction of sp³-hybridized carbons (Fsp3) is 0.476. The lowest BCUT2D eigenvalue weighted by atomic mass is 10.0. The lowest BCUT2D eigenvalue weighted by Crippen LogP contribution is -2.48. The van der Waals surface area contributed by atoms with Gasteiger partial charge in [-0.3, -0.25) is 9.69 Å².